The summed E-state index contributed by atoms with van der Waals surface area (Å²) in [5.41, 5.74) is -0.109. The van der Waals surface area contributed by atoms with Gasteiger partial charge in [-0.2, -0.15) is 0 Å². The van der Waals surface area contributed by atoms with E-state index in [9.17, 15) is 4.79 Å². The molecule has 0 spiro atoms. The van der Waals surface area contributed by atoms with Crippen molar-refractivity contribution in [2.75, 3.05) is 19.6 Å². The fourth-order valence-electron chi connectivity index (χ4n) is 3.96. The van der Waals surface area contributed by atoms with Crippen LogP contribution in [-0.4, -0.2) is 36.5 Å². The normalized spacial score (nSPS) is 36.3. The van der Waals surface area contributed by atoms with Crippen LogP contribution in [0.25, 0.3) is 0 Å². The van der Waals surface area contributed by atoms with Crippen LogP contribution in [0.1, 0.15) is 59.3 Å². The van der Waals surface area contributed by atoms with Crippen molar-refractivity contribution >= 4 is 5.91 Å². The molecule has 0 radical (unpaired) electrons. The Morgan fingerprint density at radius 3 is 2.79 bits per heavy atom. The predicted octanol–water partition coefficient (Wildman–Crippen LogP) is 2.80. The Labute approximate surface area is 118 Å². The molecular weight excluding hydrogens is 236 g/mol. The zero-order valence-corrected chi connectivity index (χ0v) is 12.9. The van der Waals surface area contributed by atoms with Gasteiger partial charge in [0.1, 0.15) is 0 Å². The summed E-state index contributed by atoms with van der Waals surface area (Å²) in [4.78, 5) is 15.3. The second-order valence-corrected chi connectivity index (χ2v) is 6.79. The average Bonchev–Trinajstić information content (AvgIpc) is 2.39. The average molecular weight is 266 g/mol. The number of nitrogens with one attached hydrogen (secondary N) is 1. The monoisotopic (exact) mass is 266 g/mol. The van der Waals surface area contributed by atoms with E-state index >= 15 is 0 Å². The molecule has 3 atom stereocenters. The molecule has 3 heteroatoms. The van der Waals surface area contributed by atoms with Gasteiger partial charge in [0.15, 0.2) is 0 Å². The van der Waals surface area contributed by atoms with Crippen molar-refractivity contribution in [2.24, 2.45) is 11.3 Å². The van der Waals surface area contributed by atoms with Crippen LogP contribution >= 0.6 is 0 Å². The smallest absolute Gasteiger partial charge is 0.230 e. The highest BCUT2D eigenvalue weighted by Gasteiger charge is 2.43. The number of rotatable bonds is 3. The second kappa shape index (κ2) is 6.25. The molecule has 0 bridgehead atoms. The number of hydrogen-bond donors (Lipinski definition) is 1. The highest BCUT2D eigenvalue weighted by molar-refractivity contribution is 5.83. The quantitative estimate of drug-likeness (QED) is 0.852. The van der Waals surface area contributed by atoms with Gasteiger partial charge in [0.05, 0.1) is 5.41 Å². The van der Waals surface area contributed by atoms with Crippen LogP contribution in [0.4, 0.5) is 0 Å². The van der Waals surface area contributed by atoms with Crippen molar-refractivity contribution in [3.8, 4) is 0 Å². The number of likely N-dealkylation sites (tertiary alicyclic amines) is 1. The summed E-state index contributed by atoms with van der Waals surface area (Å²) in [6, 6.07) is 0.423. The lowest BCUT2D eigenvalue weighted by Crippen LogP contribution is -2.55. The summed E-state index contributed by atoms with van der Waals surface area (Å²) in [5, 5.41) is 3.46. The zero-order valence-electron chi connectivity index (χ0n) is 12.9. The maximum atomic E-state index is 13.1. The van der Waals surface area contributed by atoms with Gasteiger partial charge >= 0.3 is 0 Å². The predicted molar refractivity (Wildman–Crippen MR) is 79.0 cm³/mol. The summed E-state index contributed by atoms with van der Waals surface area (Å²) in [7, 11) is 0. The topological polar surface area (TPSA) is 32.3 Å². The third kappa shape index (κ3) is 3.13. The Morgan fingerprint density at radius 2 is 2.21 bits per heavy atom. The first-order valence-electron chi connectivity index (χ1n) is 8.11. The Balaban J connectivity index is 2.10. The minimum Gasteiger partial charge on any atom is -0.339 e. The molecule has 2 aliphatic heterocycles. The van der Waals surface area contributed by atoms with Gasteiger partial charge < -0.3 is 10.2 Å². The molecule has 2 saturated heterocycles. The molecular formula is C16H30N2O. The molecule has 0 aromatic heterocycles. The van der Waals surface area contributed by atoms with Crippen LogP contribution in [0.5, 0.6) is 0 Å². The summed E-state index contributed by atoms with van der Waals surface area (Å²) in [6.07, 6.45) is 6.70. The summed E-state index contributed by atoms with van der Waals surface area (Å²) in [6.45, 7) is 9.66. The maximum Gasteiger partial charge on any atom is 0.230 e. The Morgan fingerprint density at radius 1 is 1.42 bits per heavy atom. The van der Waals surface area contributed by atoms with E-state index in [4.69, 9.17) is 0 Å². The fraction of sp³-hybridized carbons (Fsp3) is 0.938. The first-order valence-corrected chi connectivity index (χ1v) is 8.11. The lowest BCUT2D eigenvalue weighted by Gasteiger charge is -2.45. The molecule has 0 aliphatic carbocycles. The fourth-order valence-corrected chi connectivity index (χ4v) is 3.96. The molecule has 0 aromatic rings. The van der Waals surface area contributed by atoms with Crippen molar-refractivity contribution in [1.29, 1.82) is 0 Å². The van der Waals surface area contributed by atoms with Crippen LogP contribution in [-0.2, 0) is 4.79 Å². The number of amides is 1. The van der Waals surface area contributed by atoms with Crippen LogP contribution in [0.15, 0.2) is 0 Å². The van der Waals surface area contributed by atoms with Crippen LogP contribution < -0.4 is 5.32 Å². The van der Waals surface area contributed by atoms with Gasteiger partial charge in [-0.05, 0) is 51.5 Å². The van der Waals surface area contributed by atoms with Gasteiger partial charge in [0.2, 0.25) is 5.91 Å². The largest absolute Gasteiger partial charge is 0.339 e. The first kappa shape index (κ1) is 14.8. The van der Waals surface area contributed by atoms with Crippen molar-refractivity contribution < 1.29 is 4.79 Å². The van der Waals surface area contributed by atoms with Gasteiger partial charge in [0.25, 0.3) is 0 Å². The van der Waals surface area contributed by atoms with E-state index in [1.807, 2.05) is 0 Å². The number of hydrogen-bond acceptors (Lipinski definition) is 2. The van der Waals surface area contributed by atoms with Gasteiger partial charge in [-0.25, -0.2) is 0 Å². The van der Waals surface area contributed by atoms with Gasteiger partial charge in [-0.15, -0.1) is 0 Å². The molecule has 1 amide bonds. The Hall–Kier alpha value is -0.570. The standard InChI is InChI=1S/C16H30N2O/c1-4-7-16(8-5-9-17-12-16)15(19)18-10-6-13(2)11-14(18)3/h13-14,17H,4-12H2,1-3H3. The number of carbonyl (C=O) groups is 1. The van der Waals surface area contributed by atoms with Crippen molar-refractivity contribution in [3.63, 3.8) is 0 Å². The number of nitrogens with zero attached hydrogens (tertiary/aromatic N) is 1. The number of carbonyl (C=O) groups excluding carboxylic acids is 1. The highest BCUT2D eigenvalue weighted by atomic mass is 16.2. The maximum absolute atomic E-state index is 13.1. The molecule has 19 heavy (non-hydrogen) atoms. The van der Waals surface area contributed by atoms with E-state index in [-0.39, 0.29) is 5.41 Å². The van der Waals surface area contributed by atoms with Crippen LogP contribution in [0, 0.1) is 11.3 Å². The molecule has 0 aromatic carbocycles. The molecule has 2 aliphatic rings. The van der Waals surface area contributed by atoms with Crippen molar-refractivity contribution in [1.82, 2.24) is 10.2 Å². The van der Waals surface area contributed by atoms with Crippen molar-refractivity contribution in [3.05, 3.63) is 0 Å². The van der Waals surface area contributed by atoms with Crippen LogP contribution in [0.3, 0.4) is 0 Å². The van der Waals surface area contributed by atoms with E-state index < -0.39 is 0 Å². The minimum atomic E-state index is -0.109. The SMILES string of the molecule is CCCC1(C(=O)N2CCC(C)CC2C)CCCNC1. The third-order valence-electron chi connectivity index (χ3n) is 5.05. The summed E-state index contributed by atoms with van der Waals surface area (Å²) in [5.74, 6) is 1.20. The molecule has 2 heterocycles. The molecule has 3 nitrogen and oxygen atoms in total. The van der Waals surface area contributed by atoms with Crippen LogP contribution in [0.2, 0.25) is 0 Å². The molecule has 1 N–H and O–H groups in total. The Kier molecular flexibility index (Phi) is 4.88. The van der Waals surface area contributed by atoms with E-state index in [1.54, 1.807) is 0 Å². The van der Waals surface area contributed by atoms with Gasteiger partial charge in [0, 0.05) is 19.1 Å². The van der Waals surface area contributed by atoms with E-state index in [0.717, 1.165) is 51.2 Å². The van der Waals surface area contributed by atoms with Gasteiger partial charge in [-0.3, -0.25) is 4.79 Å². The number of piperidine rings is 2. The lowest BCUT2D eigenvalue weighted by atomic mass is 9.75. The lowest BCUT2D eigenvalue weighted by molar-refractivity contribution is -0.148. The van der Waals surface area contributed by atoms with E-state index in [0.29, 0.717) is 11.9 Å². The zero-order chi connectivity index (χ0) is 13.9. The van der Waals surface area contributed by atoms with E-state index in [2.05, 4.69) is 31.0 Å². The third-order valence-corrected chi connectivity index (χ3v) is 5.05. The summed E-state index contributed by atoms with van der Waals surface area (Å²) < 4.78 is 0. The molecule has 3 unspecified atom stereocenters. The van der Waals surface area contributed by atoms with Gasteiger partial charge in [-0.1, -0.05) is 20.3 Å². The van der Waals surface area contributed by atoms with E-state index in [1.165, 1.54) is 12.8 Å². The molecule has 110 valence electrons. The highest BCUT2D eigenvalue weighted by Crippen LogP contribution is 2.36. The van der Waals surface area contributed by atoms with Crippen molar-refractivity contribution in [2.45, 2.75) is 65.3 Å². The summed E-state index contributed by atoms with van der Waals surface area (Å²) >= 11 is 0. The molecule has 0 saturated carbocycles. The minimum absolute atomic E-state index is 0.109. The molecule has 2 fully saturated rings. The second-order valence-electron chi connectivity index (χ2n) is 6.79. The molecule has 2 rings (SSSR count). The Bertz CT molecular complexity index is 304. The first-order chi connectivity index (χ1) is 9.09.